The van der Waals surface area contributed by atoms with E-state index in [1.54, 1.807) is 0 Å². The standard InChI is InChI=1S/C19H34N2O2/c1-15-6-8-16(9-7-15)18(22)21-12-11-19(14-21)10-4-5-17(23-19)13-20(2)3/h15-17H,4-14H2,1-3H3/t15?,16?,17-,19-/m1/s1. The van der Waals surface area contributed by atoms with Crippen LogP contribution in [0.5, 0.6) is 0 Å². The van der Waals surface area contributed by atoms with Crippen molar-refractivity contribution >= 4 is 5.91 Å². The third-order valence-electron chi connectivity index (χ3n) is 6.14. The minimum Gasteiger partial charge on any atom is -0.369 e. The van der Waals surface area contributed by atoms with Gasteiger partial charge in [-0.15, -0.1) is 0 Å². The lowest BCUT2D eigenvalue weighted by atomic mass is 9.82. The largest absolute Gasteiger partial charge is 0.369 e. The van der Waals surface area contributed by atoms with Gasteiger partial charge in [0.15, 0.2) is 0 Å². The van der Waals surface area contributed by atoms with Gasteiger partial charge in [-0.1, -0.05) is 6.92 Å². The topological polar surface area (TPSA) is 32.8 Å². The van der Waals surface area contributed by atoms with Crippen molar-refractivity contribution in [2.75, 3.05) is 33.7 Å². The van der Waals surface area contributed by atoms with Gasteiger partial charge in [0.2, 0.25) is 5.91 Å². The number of likely N-dealkylation sites (N-methyl/N-ethyl adjacent to an activating group) is 1. The van der Waals surface area contributed by atoms with Gasteiger partial charge in [-0.25, -0.2) is 0 Å². The maximum absolute atomic E-state index is 12.9. The zero-order chi connectivity index (χ0) is 16.4. The minimum atomic E-state index is -0.0451. The molecule has 1 spiro atoms. The highest BCUT2D eigenvalue weighted by Crippen LogP contribution is 2.38. The van der Waals surface area contributed by atoms with E-state index in [1.165, 1.54) is 19.3 Å². The van der Waals surface area contributed by atoms with E-state index in [0.29, 0.717) is 12.0 Å². The van der Waals surface area contributed by atoms with Crippen LogP contribution in [0.4, 0.5) is 0 Å². The van der Waals surface area contributed by atoms with Crippen LogP contribution in [-0.4, -0.2) is 61.1 Å². The maximum atomic E-state index is 12.9. The second-order valence-corrected chi connectivity index (χ2v) is 8.54. The first-order valence-corrected chi connectivity index (χ1v) is 9.59. The Morgan fingerprint density at radius 1 is 1.17 bits per heavy atom. The molecule has 2 saturated heterocycles. The molecule has 3 rings (SSSR count). The van der Waals surface area contributed by atoms with E-state index in [0.717, 1.165) is 57.7 Å². The van der Waals surface area contributed by atoms with Gasteiger partial charge in [0.05, 0.1) is 11.7 Å². The van der Waals surface area contributed by atoms with Crippen LogP contribution in [-0.2, 0) is 9.53 Å². The van der Waals surface area contributed by atoms with Crippen molar-refractivity contribution in [2.45, 2.75) is 70.0 Å². The van der Waals surface area contributed by atoms with E-state index >= 15 is 0 Å². The predicted molar refractivity (Wildman–Crippen MR) is 92.3 cm³/mol. The normalized spacial score (nSPS) is 38.4. The van der Waals surface area contributed by atoms with Crippen LogP contribution < -0.4 is 0 Å². The molecular formula is C19H34N2O2. The number of nitrogens with zero attached hydrogens (tertiary/aromatic N) is 2. The molecule has 1 aliphatic carbocycles. The molecule has 0 aromatic heterocycles. The first-order valence-electron chi connectivity index (χ1n) is 9.59. The Balaban J connectivity index is 1.56. The summed E-state index contributed by atoms with van der Waals surface area (Å²) in [5, 5.41) is 0. The van der Waals surface area contributed by atoms with Crippen LogP contribution in [0.15, 0.2) is 0 Å². The number of likely N-dealkylation sites (tertiary alicyclic amines) is 1. The summed E-state index contributed by atoms with van der Waals surface area (Å²) in [6.07, 6.45) is 9.52. The van der Waals surface area contributed by atoms with Crippen LogP contribution in [0.25, 0.3) is 0 Å². The van der Waals surface area contributed by atoms with Crippen molar-refractivity contribution in [3.8, 4) is 0 Å². The van der Waals surface area contributed by atoms with Crippen molar-refractivity contribution in [1.29, 1.82) is 0 Å². The molecule has 132 valence electrons. The number of ether oxygens (including phenoxy) is 1. The molecule has 2 heterocycles. The van der Waals surface area contributed by atoms with E-state index in [-0.39, 0.29) is 11.5 Å². The van der Waals surface area contributed by atoms with Gasteiger partial charge in [-0.2, -0.15) is 0 Å². The molecule has 3 aliphatic rings. The average molecular weight is 322 g/mol. The quantitative estimate of drug-likeness (QED) is 0.801. The fourth-order valence-electron chi connectivity index (χ4n) is 4.76. The van der Waals surface area contributed by atoms with Crippen LogP contribution in [0.3, 0.4) is 0 Å². The molecule has 2 atom stereocenters. The van der Waals surface area contributed by atoms with E-state index in [9.17, 15) is 4.79 Å². The van der Waals surface area contributed by atoms with Gasteiger partial charge < -0.3 is 14.5 Å². The van der Waals surface area contributed by atoms with Crippen LogP contribution in [0.1, 0.15) is 58.3 Å². The van der Waals surface area contributed by atoms with Crippen LogP contribution >= 0.6 is 0 Å². The lowest BCUT2D eigenvalue weighted by Crippen LogP contribution is -2.47. The summed E-state index contributed by atoms with van der Waals surface area (Å²) in [5.74, 6) is 1.49. The molecule has 0 aromatic carbocycles. The van der Waals surface area contributed by atoms with Crippen molar-refractivity contribution in [3.63, 3.8) is 0 Å². The molecular weight excluding hydrogens is 288 g/mol. The van der Waals surface area contributed by atoms with Crippen molar-refractivity contribution in [3.05, 3.63) is 0 Å². The van der Waals surface area contributed by atoms with Gasteiger partial charge in [-0.3, -0.25) is 4.79 Å². The Kier molecular flexibility index (Phi) is 5.32. The summed E-state index contributed by atoms with van der Waals surface area (Å²) in [5.41, 5.74) is -0.0451. The molecule has 23 heavy (non-hydrogen) atoms. The number of hydrogen-bond donors (Lipinski definition) is 0. The highest BCUT2D eigenvalue weighted by Gasteiger charge is 2.45. The summed E-state index contributed by atoms with van der Waals surface area (Å²) in [4.78, 5) is 17.2. The molecule has 0 unspecified atom stereocenters. The van der Waals surface area contributed by atoms with Gasteiger partial charge in [0.25, 0.3) is 0 Å². The second-order valence-electron chi connectivity index (χ2n) is 8.54. The van der Waals surface area contributed by atoms with E-state index in [1.807, 2.05) is 0 Å². The van der Waals surface area contributed by atoms with Crippen molar-refractivity contribution in [1.82, 2.24) is 9.80 Å². The van der Waals surface area contributed by atoms with Crippen LogP contribution in [0.2, 0.25) is 0 Å². The molecule has 0 radical (unpaired) electrons. The highest BCUT2D eigenvalue weighted by molar-refractivity contribution is 5.79. The lowest BCUT2D eigenvalue weighted by Gasteiger charge is -2.39. The Morgan fingerprint density at radius 3 is 2.61 bits per heavy atom. The molecule has 2 aliphatic heterocycles. The van der Waals surface area contributed by atoms with E-state index in [4.69, 9.17) is 4.74 Å². The summed E-state index contributed by atoms with van der Waals surface area (Å²) in [6, 6.07) is 0. The van der Waals surface area contributed by atoms with Crippen LogP contribution in [0, 0.1) is 11.8 Å². The summed E-state index contributed by atoms with van der Waals surface area (Å²) in [6.45, 7) is 5.05. The van der Waals surface area contributed by atoms with Gasteiger partial charge in [-0.05, 0) is 71.4 Å². The number of rotatable bonds is 3. The first kappa shape index (κ1) is 17.2. The molecule has 0 aromatic rings. The lowest BCUT2D eigenvalue weighted by molar-refractivity contribution is -0.143. The molecule has 4 nitrogen and oxygen atoms in total. The number of amides is 1. The smallest absolute Gasteiger partial charge is 0.225 e. The summed E-state index contributed by atoms with van der Waals surface area (Å²) < 4.78 is 6.49. The van der Waals surface area contributed by atoms with Crippen molar-refractivity contribution < 1.29 is 9.53 Å². The Labute approximate surface area is 141 Å². The molecule has 4 heteroatoms. The monoisotopic (exact) mass is 322 g/mol. The fraction of sp³-hybridized carbons (Fsp3) is 0.947. The molecule has 1 saturated carbocycles. The number of carbonyl (C=O) groups excluding carboxylic acids is 1. The van der Waals surface area contributed by atoms with Gasteiger partial charge >= 0.3 is 0 Å². The Bertz CT molecular complexity index is 418. The highest BCUT2D eigenvalue weighted by atomic mass is 16.5. The SMILES string of the molecule is CC1CCC(C(=O)N2CC[C@]3(CCC[C@H](CN(C)C)O3)C2)CC1. The number of carbonyl (C=O) groups is 1. The van der Waals surface area contributed by atoms with Gasteiger partial charge in [0.1, 0.15) is 0 Å². The van der Waals surface area contributed by atoms with E-state index in [2.05, 4.69) is 30.8 Å². The summed E-state index contributed by atoms with van der Waals surface area (Å²) >= 11 is 0. The van der Waals surface area contributed by atoms with Gasteiger partial charge in [0, 0.05) is 25.6 Å². The third-order valence-corrected chi connectivity index (χ3v) is 6.14. The molecule has 0 bridgehead atoms. The first-order chi connectivity index (χ1) is 11.0. The average Bonchev–Trinajstić information content (AvgIpc) is 2.90. The fourth-order valence-corrected chi connectivity index (χ4v) is 4.76. The second kappa shape index (κ2) is 7.10. The molecule has 3 fully saturated rings. The zero-order valence-electron chi connectivity index (χ0n) is 15.2. The number of hydrogen-bond acceptors (Lipinski definition) is 3. The Hall–Kier alpha value is -0.610. The maximum Gasteiger partial charge on any atom is 0.225 e. The van der Waals surface area contributed by atoms with E-state index < -0.39 is 0 Å². The zero-order valence-corrected chi connectivity index (χ0v) is 15.2. The van der Waals surface area contributed by atoms with Crippen molar-refractivity contribution in [2.24, 2.45) is 11.8 Å². The molecule has 0 N–H and O–H groups in total. The minimum absolute atomic E-state index is 0.0451. The summed E-state index contributed by atoms with van der Waals surface area (Å²) in [7, 11) is 4.22. The predicted octanol–water partition coefficient (Wildman–Crippen LogP) is 2.91. The Morgan fingerprint density at radius 2 is 1.91 bits per heavy atom. The molecule has 1 amide bonds. The third kappa shape index (κ3) is 4.08.